The summed E-state index contributed by atoms with van der Waals surface area (Å²) in [4.78, 5) is 25.3. The summed E-state index contributed by atoms with van der Waals surface area (Å²) in [5.41, 5.74) is 0. The van der Waals surface area contributed by atoms with Crippen LogP contribution in [0.2, 0.25) is 0 Å². The molecule has 1 amide bonds. The molecule has 0 bridgehead atoms. The number of carboxylic acid groups (broad SMARTS) is 1. The van der Waals surface area contributed by atoms with Gasteiger partial charge in [0.15, 0.2) is 0 Å². The van der Waals surface area contributed by atoms with Gasteiger partial charge in [-0.1, -0.05) is 19.3 Å². The van der Waals surface area contributed by atoms with Crippen molar-refractivity contribution in [2.24, 2.45) is 11.8 Å². The standard InChI is InChI=1S/C16H28N2O3.ClH/c1-12(18-9-7-14(8-10-18)16(20)21)15(19)17-11-13-5-3-2-4-6-13;/h12-14H,2-11H2,1H3,(H,17,19)(H,20,21);1H. The Morgan fingerprint density at radius 1 is 1.14 bits per heavy atom. The molecule has 5 nitrogen and oxygen atoms in total. The van der Waals surface area contributed by atoms with E-state index in [1.807, 2.05) is 6.92 Å². The molecule has 1 saturated heterocycles. The van der Waals surface area contributed by atoms with E-state index >= 15 is 0 Å². The van der Waals surface area contributed by atoms with Crippen LogP contribution in [-0.2, 0) is 9.59 Å². The van der Waals surface area contributed by atoms with E-state index in [2.05, 4.69) is 10.2 Å². The zero-order chi connectivity index (χ0) is 15.2. The Hall–Kier alpha value is -0.810. The predicted molar refractivity (Wildman–Crippen MR) is 88.2 cm³/mol. The molecule has 2 rings (SSSR count). The Morgan fingerprint density at radius 2 is 1.73 bits per heavy atom. The van der Waals surface area contributed by atoms with Gasteiger partial charge < -0.3 is 10.4 Å². The van der Waals surface area contributed by atoms with Crippen LogP contribution < -0.4 is 5.32 Å². The average molecular weight is 333 g/mol. The average Bonchev–Trinajstić information content (AvgIpc) is 2.53. The summed E-state index contributed by atoms with van der Waals surface area (Å²) in [6.07, 6.45) is 7.68. The molecule has 0 spiro atoms. The molecule has 2 N–H and O–H groups in total. The third-order valence-corrected chi connectivity index (χ3v) is 5.10. The minimum Gasteiger partial charge on any atom is -0.481 e. The molecular formula is C16H29ClN2O3. The van der Waals surface area contributed by atoms with Crippen molar-refractivity contribution in [1.82, 2.24) is 10.2 Å². The second kappa shape index (κ2) is 9.36. The Kier molecular flexibility index (Phi) is 8.18. The van der Waals surface area contributed by atoms with Crippen molar-refractivity contribution >= 4 is 24.3 Å². The van der Waals surface area contributed by atoms with Crippen molar-refractivity contribution in [3.05, 3.63) is 0 Å². The molecule has 1 unspecified atom stereocenters. The van der Waals surface area contributed by atoms with Crippen molar-refractivity contribution < 1.29 is 14.7 Å². The molecule has 6 heteroatoms. The molecule has 0 aromatic rings. The van der Waals surface area contributed by atoms with E-state index in [9.17, 15) is 9.59 Å². The van der Waals surface area contributed by atoms with Gasteiger partial charge in [0.1, 0.15) is 0 Å². The maximum absolute atomic E-state index is 12.2. The summed E-state index contributed by atoms with van der Waals surface area (Å²) < 4.78 is 0. The van der Waals surface area contributed by atoms with E-state index in [0.29, 0.717) is 31.8 Å². The van der Waals surface area contributed by atoms with E-state index in [4.69, 9.17) is 5.11 Å². The first kappa shape index (κ1) is 19.2. The number of amides is 1. The molecule has 0 radical (unpaired) electrons. The van der Waals surface area contributed by atoms with E-state index < -0.39 is 5.97 Å². The fourth-order valence-corrected chi connectivity index (χ4v) is 3.48. The highest BCUT2D eigenvalue weighted by Crippen LogP contribution is 2.23. The molecule has 2 fully saturated rings. The van der Waals surface area contributed by atoms with Gasteiger partial charge >= 0.3 is 5.97 Å². The monoisotopic (exact) mass is 332 g/mol. The first-order chi connectivity index (χ1) is 10.1. The van der Waals surface area contributed by atoms with Crippen molar-refractivity contribution in [2.45, 2.75) is 57.9 Å². The van der Waals surface area contributed by atoms with Crippen molar-refractivity contribution in [3.63, 3.8) is 0 Å². The lowest BCUT2D eigenvalue weighted by atomic mass is 9.89. The molecule has 0 aromatic heterocycles. The number of carboxylic acids is 1. The minimum atomic E-state index is -0.705. The molecule has 1 heterocycles. The lowest BCUT2D eigenvalue weighted by Gasteiger charge is -2.34. The number of rotatable bonds is 5. The Bertz CT molecular complexity index is 364. The zero-order valence-electron chi connectivity index (χ0n) is 13.4. The van der Waals surface area contributed by atoms with Gasteiger partial charge in [-0.05, 0) is 51.6 Å². The van der Waals surface area contributed by atoms with Gasteiger partial charge in [0, 0.05) is 6.54 Å². The zero-order valence-corrected chi connectivity index (χ0v) is 14.2. The highest BCUT2D eigenvalue weighted by Gasteiger charge is 2.29. The van der Waals surface area contributed by atoms with E-state index in [0.717, 1.165) is 6.54 Å². The molecular weight excluding hydrogens is 304 g/mol. The lowest BCUT2D eigenvalue weighted by molar-refractivity contribution is -0.143. The summed E-state index contributed by atoms with van der Waals surface area (Å²) in [5, 5.41) is 12.1. The Morgan fingerprint density at radius 3 is 2.27 bits per heavy atom. The number of carbonyl (C=O) groups is 2. The van der Waals surface area contributed by atoms with Gasteiger partial charge in [-0.2, -0.15) is 0 Å². The summed E-state index contributed by atoms with van der Waals surface area (Å²) in [5.74, 6) is -0.204. The summed E-state index contributed by atoms with van der Waals surface area (Å²) in [6, 6.07) is -0.150. The summed E-state index contributed by atoms with van der Waals surface area (Å²) in [7, 11) is 0. The fraction of sp³-hybridized carbons (Fsp3) is 0.875. The SMILES string of the molecule is CC(C(=O)NCC1CCCCC1)N1CCC(C(=O)O)CC1.Cl. The summed E-state index contributed by atoms with van der Waals surface area (Å²) in [6.45, 7) is 4.13. The number of piperidine rings is 1. The molecule has 22 heavy (non-hydrogen) atoms. The maximum atomic E-state index is 12.2. The molecule has 2 aliphatic rings. The van der Waals surface area contributed by atoms with Crippen molar-refractivity contribution in [1.29, 1.82) is 0 Å². The largest absolute Gasteiger partial charge is 0.481 e. The quantitative estimate of drug-likeness (QED) is 0.810. The normalized spacial score (nSPS) is 22.6. The van der Waals surface area contributed by atoms with Gasteiger partial charge in [0.25, 0.3) is 0 Å². The number of hydrogen-bond acceptors (Lipinski definition) is 3. The first-order valence-electron chi connectivity index (χ1n) is 8.32. The molecule has 128 valence electrons. The van der Waals surface area contributed by atoms with Gasteiger partial charge in [-0.25, -0.2) is 0 Å². The van der Waals surface area contributed by atoms with Crippen LogP contribution >= 0.6 is 12.4 Å². The fourth-order valence-electron chi connectivity index (χ4n) is 3.48. The smallest absolute Gasteiger partial charge is 0.306 e. The molecule has 0 aromatic carbocycles. The molecule has 1 aliphatic carbocycles. The third-order valence-electron chi connectivity index (χ3n) is 5.10. The maximum Gasteiger partial charge on any atom is 0.306 e. The minimum absolute atomic E-state index is 0. The number of carbonyl (C=O) groups excluding carboxylic acids is 1. The van der Waals surface area contributed by atoms with Crippen molar-refractivity contribution in [2.75, 3.05) is 19.6 Å². The number of aliphatic carboxylic acids is 1. The lowest BCUT2D eigenvalue weighted by Crippen LogP contribution is -2.49. The topological polar surface area (TPSA) is 69.6 Å². The van der Waals surface area contributed by atoms with Crippen LogP contribution in [0.1, 0.15) is 51.9 Å². The number of hydrogen-bond donors (Lipinski definition) is 2. The van der Waals surface area contributed by atoms with Crippen LogP contribution in [0.25, 0.3) is 0 Å². The van der Waals surface area contributed by atoms with Crippen LogP contribution in [0.4, 0.5) is 0 Å². The third kappa shape index (κ3) is 5.43. The number of likely N-dealkylation sites (tertiary alicyclic amines) is 1. The number of nitrogens with one attached hydrogen (secondary N) is 1. The van der Waals surface area contributed by atoms with Gasteiger partial charge in [-0.15, -0.1) is 12.4 Å². The van der Waals surface area contributed by atoms with E-state index in [1.165, 1.54) is 32.1 Å². The van der Waals surface area contributed by atoms with Crippen LogP contribution in [0.3, 0.4) is 0 Å². The molecule has 1 saturated carbocycles. The second-order valence-corrected chi connectivity index (χ2v) is 6.57. The van der Waals surface area contributed by atoms with E-state index in [1.54, 1.807) is 0 Å². The van der Waals surface area contributed by atoms with Crippen LogP contribution in [-0.4, -0.2) is 47.6 Å². The predicted octanol–water partition coefficient (Wildman–Crippen LogP) is 2.29. The highest BCUT2D eigenvalue weighted by atomic mass is 35.5. The van der Waals surface area contributed by atoms with Gasteiger partial charge in [-0.3, -0.25) is 14.5 Å². The number of nitrogens with zero attached hydrogens (tertiary/aromatic N) is 1. The summed E-state index contributed by atoms with van der Waals surface area (Å²) >= 11 is 0. The van der Waals surface area contributed by atoms with Crippen LogP contribution in [0.15, 0.2) is 0 Å². The highest BCUT2D eigenvalue weighted by molar-refractivity contribution is 5.85. The second-order valence-electron chi connectivity index (χ2n) is 6.57. The van der Waals surface area contributed by atoms with Gasteiger partial charge in [0.2, 0.25) is 5.91 Å². The molecule has 1 atom stereocenters. The van der Waals surface area contributed by atoms with Crippen LogP contribution in [0.5, 0.6) is 0 Å². The van der Waals surface area contributed by atoms with E-state index in [-0.39, 0.29) is 30.3 Å². The Labute approximate surface area is 139 Å². The molecule has 1 aliphatic heterocycles. The van der Waals surface area contributed by atoms with Gasteiger partial charge in [0.05, 0.1) is 12.0 Å². The Balaban J connectivity index is 0.00000242. The van der Waals surface area contributed by atoms with Crippen LogP contribution in [0, 0.1) is 11.8 Å². The van der Waals surface area contributed by atoms with Crippen molar-refractivity contribution in [3.8, 4) is 0 Å². The number of halogens is 1. The first-order valence-corrected chi connectivity index (χ1v) is 8.32.